The summed E-state index contributed by atoms with van der Waals surface area (Å²) in [6.07, 6.45) is 1.12. The van der Waals surface area contributed by atoms with Crippen LogP contribution in [0.4, 0.5) is 4.39 Å². The molecule has 0 unspecified atom stereocenters. The Morgan fingerprint density at radius 1 is 1.58 bits per heavy atom. The van der Waals surface area contributed by atoms with E-state index in [1.165, 1.54) is 6.07 Å². The van der Waals surface area contributed by atoms with Gasteiger partial charge in [-0.1, -0.05) is 18.7 Å². The van der Waals surface area contributed by atoms with Crippen molar-refractivity contribution in [1.29, 1.82) is 0 Å². The highest BCUT2D eigenvalue weighted by Crippen LogP contribution is 2.13. The predicted octanol–water partition coefficient (Wildman–Crippen LogP) is 2.50. The Balaban J connectivity index is 3.30. The van der Waals surface area contributed by atoms with Crippen LogP contribution >= 0.6 is 0 Å². The topological polar surface area (TPSA) is 17.1 Å². The van der Waals surface area contributed by atoms with Crippen molar-refractivity contribution >= 4 is 5.78 Å². The van der Waals surface area contributed by atoms with Crippen LogP contribution in [-0.4, -0.2) is 5.78 Å². The molecule has 0 spiro atoms. The first-order valence-corrected chi connectivity index (χ1v) is 3.58. The summed E-state index contributed by atoms with van der Waals surface area (Å²) in [5.74, 6) is -0.856. The van der Waals surface area contributed by atoms with Gasteiger partial charge in [-0.2, -0.15) is 0 Å². The highest BCUT2D eigenvalue weighted by Gasteiger charge is 2.10. The minimum Gasteiger partial charge on any atom is -0.289 e. The molecule has 1 nitrogen and oxygen atoms in total. The molecule has 0 bridgehead atoms. The van der Waals surface area contributed by atoms with Gasteiger partial charge in [0.15, 0.2) is 5.78 Å². The van der Waals surface area contributed by atoms with E-state index >= 15 is 0 Å². The molecule has 12 heavy (non-hydrogen) atoms. The fraction of sp³-hybridized carbons (Fsp3) is 0.100. The molecule has 0 aliphatic carbocycles. The molecular weight excluding hydrogens is 155 g/mol. The Morgan fingerprint density at radius 2 is 2.25 bits per heavy atom. The maximum absolute atomic E-state index is 13.0. The van der Waals surface area contributed by atoms with Gasteiger partial charge in [0.1, 0.15) is 5.82 Å². The number of carbonyl (C=O) groups excluding carboxylic acids is 1. The molecule has 0 aliphatic rings. The molecule has 0 heterocycles. The van der Waals surface area contributed by atoms with Crippen LogP contribution in [-0.2, 0) is 0 Å². The van der Waals surface area contributed by atoms with Gasteiger partial charge < -0.3 is 0 Å². The third-order valence-electron chi connectivity index (χ3n) is 1.65. The van der Waals surface area contributed by atoms with E-state index in [1.807, 2.05) is 0 Å². The van der Waals surface area contributed by atoms with Gasteiger partial charge in [-0.15, -0.1) is 0 Å². The summed E-state index contributed by atoms with van der Waals surface area (Å²) in [4.78, 5) is 11.1. The first kappa shape index (κ1) is 8.65. The van der Waals surface area contributed by atoms with Crippen molar-refractivity contribution in [3.8, 4) is 0 Å². The van der Waals surface area contributed by atoms with Crippen LogP contribution in [0.2, 0.25) is 0 Å². The molecule has 0 fully saturated rings. The molecule has 1 rings (SSSR count). The van der Waals surface area contributed by atoms with Crippen LogP contribution in [0.1, 0.15) is 15.9 Å². The fourth-order valence-electron chi connectivity index (χ4n) is 1.05. The monoisotopic (exact) mass is 164 g/mol. The largest absolute Gasteiger partial charge is 0.289 e. The first-order valence-electron chi connectivity index (χ1n) is 3.58. The number of ketones is 1. The van der Waals surface area contributed by atoms with E-state index in [0.717, 1.165) is 6.08 Å². The van der Waals surface area contributed by atoms with Crippen LogP contribution < -0.4 is 0 Å². The Bertz CT molecular complexity index is 308. The lowest BCUT2D eigenvalue weighted by atomic mass is 10.0. The molecule has 0 N–H and O–H groups in total. The molecule has 62 valence electrons. The quantitative estimate of drug-likeness (QED) is 0.484. The molecular formula is C10H9FO. The van der Waals surface area contributed by atoms with Crippen molar-refractivity contribution in [3.63, 3.8) is 0 Å². The number of allylic oxidation sites excluding steroid dienone is 1. The zero-order chi connectivity index (χ0) is 9.14. The molecule has 0 saturated carbocycles. The van der Waals surface area contributed by atoms with Gasteiger partial charge in [0.05, 0.1) is 5.56 Å². The second kappa shape index (κ2) is 3.30. The summed E-state index contributed by atoms with van der Waals surface area (Å²) in [5.41, 5.74) is 0.757. The first-order chi connectivity index (χ1) is 5.66. The Hall–Kier alpha value is -1.44. The van der Waals surface area contributed by atoms with Crippen molar-refractivity contribution in [2.45, 2.75) is 6.92 Å². The lowest BCUT2D eigenvalue weighted by Gasteiger charge is -2.01. The molecule has 1 aromatic rings. The lowest BCUT2D eigenvalue weighted by molar-refractivity contribution is 0.104. The second-order valence-corrected chi connectivity index (χ2v) is 2.50. The highest BCUT2D eigenvalue weighted by molar-refractivity contribution is 6.05. The van der Waals surface area contributed by atoms with Crippen LogP contribution in [0.15, 0.2) is 30.9 Å². The number of aryl methyl sites for hydroxylation is 1. The summed E-state index contributed by atoms with van der Waals surface area (Å²) in [5, 5.41) is 0. The maximum atomic E-state index is 13.0. The minimum absolute atomic E-state index is 0.118. The second-order valence-electron chi connectivity index (χ2n) is 2.50. The molecule has 0 atom stereocenters. The summed E-state index contributed by atoms with van der Waals surface area (Å²) < 4.78 is 13.0. The van der Waals surface area contributed by atoms with Crippen LogP contribution in [0.25, 0.3) is 0 Å². The zero-order valence-corrected chi connectivity index (χ0v) is 6.80. The number of rotatable bonds is 2. The molecule has 0 radical (unpaired) electrons. The van der Waals surface area contributed by atoms with Gasteiger partial charge in [-0.05, 0) is 24.6 Å². The third kappa shape index (κ3) is 1.42. The van der Waals surface area contributed by atoms with Gasteiger partial charge in [0, 0.05) is 0 Å². The van der Waals surface area contributed by atoms with E-state index in [2.05, 4.69) is 6.58 Å². The van der Waals surface area contributed by atoms with E-state index in [1.54, 1.807) is 19.1 Å². The van der Waals surface area contributed by atoms with Gasteiger partial charge in [-0.3, -0.25) is 4.79 Å². The Labute approximate surface area is 70.5 Å². The highest BCUT2D eigenvalue weighted by atomic mass is 19.1. The van der Waals surface area contributed by atoms with E-state index in [-0.39, 0.29) is 11.3 Å². The fourth-order valence-corrected chi connectivity index (χ4v) is 1.05. The predicted molar refractivity (Wildman–Crippen MR) is 45.7 cm³/mol. The Morgan fingerprint density at radius 3 is 2.75 bits per heavy atom. The number of hydrogen-bond acceptors (Lipinski definition) is 1. The van der Waals surface area contributed by atoms with Gasteiger partial charge in [0.2, 0.25) is 0 Å². The third-order valence-corrected chi connectivity index (χ3v) is 1.65. The summed E-state index contributed by atoms with van der Waals surface area (Å²) >= 11 is 0. The molecule has 0 aliphatic heterocycles. The smallest absolute Gasteiger partial charge is 0.188 e. The summed E-state index contributed by atoms with van der Waals surface area (Å²) in [6, 6.07) is 4.54. The van der Waals surface area contributed by atoms with Crippen LogP contribution in [0.3, 0.4) is 0 Å². The normalized spacial score (nSPS) is 9.50. The number of carbonyl (C=O) groups is 1. The molecule has 2 heteroatoms. The summed E-state index contributed by atoms with van der Waals surface area (Å²) in [6.45, 7) is 5.00. The van der Waals surface area contributed by atoms with Gasteiger partial charge in [-0.25, -0.2) is 4.39 Å². The van der Waals surface area contributed by atoms with Crippen molar-refractivity contribution in [3.05, 3.63) is 47.8 Å². The van der Waals surface area contributed by atoms with Gasteiger partial charge >= 0.3 is 0 Å². The Kier molecular flexibility index (Phi) is 2.38. The molecule has 0 amide bonds. The average Bonchev–Trinajstić information content (AvgIpc) is 2.03. The molecule has 0 saturated heterocycles. The molecule has 0 aromatic heterocycles. The van der Waals surface area contributed by atoms with Gasteiger partial charge in [0.25, 0.3) is 0 Å². The maximum Gasteiger partial charge on any atom is 0.188 e. The van der Waals surface area contributed by atoms with E-state index in [9.17, 15) is 9.18 Å². The molecule has 1 aromatic carbocycles. The van der Waals surface area contributed by atoms with Crippen molar-refractivity contribution in [2.24, 2.45) is 0 Å². The van der Waals surface area contributed by atoms with Crippen molar-refractivity contribution < 1.29 is 9.18 Å². The number of halogens is 1. The average molecular weight is 164 g/mol. The SMILES string of the molecule is C=CC(=O)c1c(C)cccc1F. The number of benzene rings is 1. The minimum atomic E-state index is -0.486. The standard InChI is InChI=1S/C10H9FO/c1-3-9(12)10-7(2)5-4-6-8(10)11/h3-6H,1H2,2H3. The van der Waals surface area contributed by atoms with E-state index in [4.69, 9.17) is 0 Å². The van der Waals surface area contributed by atoms with Crippen molar-refractivity contribution in [1.82, 2.24) is 0 Å². The van der Waals surface area contributed by atoms with Crippen molar-refractivity contribution in [2.75, 3.05) is 0 Å². The van der Waals surface area contributed by atoms with E-state index in [0.29, 0.717) is 5.56 Å². The zero-order valence-electron chi connectivity index (χ0n) is 6.80. The summed E-state index contributed by atoms with van der Waals surface area (Å²) in [7, 11) is 0. The number of hydrogen-bond donors (Lipinski definition) is 0. The van der Waals surface area contributed by atoms with Crippen LogP contribution in [0.5, 0.6) is 0 Å². The van der Waals surface area contributed by atoms with E-state index < -0.39 is 5.82 Å². The lowest BCUT2D eigenvalue weighted by Crippen LogP contribution is -2.00. The van der Waals surface area contributed by atoms with Crippen LogP contribution in [0, 0.1) is 12.7 Å².